The standard InChI is InChI=1S/C14H15ClN2O2/c1-9(2)19-11-6-4-5-10(7-11)14(18)13-12(15)8-16-17(13)3/h4-9H,1-3H3. The van der Waals surface area contributed by atoms with E-state index in [1.54, 1.807) is 25.2 Å². The van der Waals surface area contributed by atoms with Crippen LogP contribution in [0.4, 0.5) is 0 Å². The summed E-state index contributed by atoms with van der Waals surface area (Å²) in [4.78, 5) is 12.4. The summed E-state index contributed by atoms with van der Waals surface area (Å²) in [6.45, 7) is 3.87. The van der Waals surface area contributed by atoms with Crippen molar-refractivity contribution >= 4 is 17.4 Å². The zero-order valence-electron chi connectivity index (χ0n) is 11.1. The number of aromatic nitrogens is 2. The number of aryl methyl sites for hydroxylation is 1. The number of benzene rings is 1. The van der Waals surface area contributed by atoms with E-state index in [9.17, 15) is 4.79 Å². The van der Waals surface area contributed by atoms with Crippen molar-refractivity contribution in [3.63, 3.8) is 0 Å². The van der Waals surface area contributed by atoms with Gasteiger partial charge in [0.1, 0.15) is 11.4 Å². The van der Waals surface area contributed by atoms with Crippen molar-refractivity contribution in [3.05, 3.63) is 46.7 Å². The first kappa shape index (κ1) is 13.6. The third-order valence-electron chi connectivity index (χ3n) is 2.58. The van der Waals surface area contributed by atoms with Gasteiger partial charge in [-0.05, 0) is 26.0 Å². The third kappa shape index (κ3) is 2.96. The van der Waals surface area contributed by atoms with Crippen LogP contribution in [0.3, 0.4) is 0 Å². The summed E-state index contributed by atoms with van der Waals surface area (Å²) in [6.07, 6.45) is 1.52. The predicted octanol–water partition coefficient (Wildman–Crippen LogP) is 3.09. The predicted molar refractivity (Wildman–Crippen MR) is 73.9 cm³/mol. The minimum absolute atomic E-state index is 0.0608. The maximum Gasteiger partial charge on any atom is 0.212 e. The van der Waals surface area contributed by atoms with Crippen molar-refractivity contribution in [2.75, 3.05) is 0 Å². The second-order valence-corrected chi connectivity index (χ2v) is 4.90. The highest BCUT2D eigenvalue weighted by atomic mass is 35.5. The van der Waals surface area contributed by atoms with E-state index in [0.29, 0.717) is 22.0 Å². The van der Waals surface area contributed by atoms with E-state index in [1.807, 2.05) is 19.9 Å². The molecular weight excluding hydrogens is 264 g/mol. The molecule has 0 N–H and O–H groups in total. The molecule has 0 amide bonds. The number of halogens is 1. The highest BCUT2D eigenvalue weighted by Gasteiger charge is 2.18. The second-order valence-electron chi connectivity index (χ2n) is 4.49. The molecule has 1 heterocycles. The third-order valence-corrected chi connectivity index (χ3v) is 2.85. The molecule has 1 aromatic carbocycles. The lowest BCUT2D eigenvalue weighted by atomic mass is 10.1. The van der Waals surface area contributed by atoms with Gasteiger partial charge in [-0.1, -0.05) is 23.7 Å². The van der Waals surface area contributed by atoms with Crippen LogP contribution in [0.2, 0.25) is 5.02 Å². The fourth-order valence-electron chi connectivity index (χ4n) is 1.79. The number of ether oxygens (including phenoxy) is 1. The molecule has 0 saturated heterocycles. The molecule has 2 aromatic rings. The van der Waals surface area contributed by atoms with Crippen LogP contribution in [-0.4, -0.2) is 21.7 Å². The maximum atomic E-state index is 12.4. The lowest BCUT2D eigenvalue weighted by Gasteiger charge is -2.10. The van der Waals surface area contributed by atoms with Crippen LogP contribution in [0.1, 0.15) is 29.9 Å². The topological polar surface area (TPSA) is 44.1 Å². The van der Waals surface area contributed by atoms with Gasteiger partial charge < -0.3 is 4.74 Å². The van der Waals surface area contributed by atoms with Crippen molar-refractivity contribution < 1.29 is 9.53 Å². The zero-order valence-corrected chi connectivity index (χ0v) is 11.8. The molecule has 0 saturated carbocycles. The Kier molecular flexibility index (Phi) is 3.90. The van der Waals surface area contributed by atoms with E-state index in [0.717, 1.165) is 0 Å². The smallest absolute Gasteiger partial charge is 0.212 e. The second kappa shape index (κ2) is 5.45. The van der Waals surface area contributed by atoms with E-state index in [1.165, 1.54) is 10.9 Å². The van der Waals surface area contributed by atoms with Crippen molar-refractivity contribution in [2.24, 2.45) is 7.05 Å². The Balaban J connectivity index is 2.34. The fourth-order valence-corrected chi connectivity index (χ4v) is 2.04. The Labute approximate surface area is 116 Å². The molecule has 100 valence electrons. The van der Waals surface area contributed by atoms with Crippen LogP contribution in [0.15, 0.2) is 30.5 Å². The molecule has 0 bridgehead atoms. The van der Waals surface area contributed by atoms with E-state index in [-0.39, 0.29) is 11.9 Å². The van der Waals surface area contributed by atoms with Gasteiger partial charge in [0.25, 0.3) is 0 Å². The summed E-state index contributed by atoms with van der Waals surface area (Å²) < 4.78 is 7.05. The minimum Gasteiger partial charge on any atom is -0.491 e. The highest BCUT2D eigenvalue weighted by Crippen LogP contribution is 2.21. The highest BCUT2D eigenvalue weighted by molar-refractivity contribution is 6.34. The summed E-state index contributed by atoms with van der Waals surface area (Å²) in [5, 5.41) is 4.32. The van der Waals surface area contributed by atoms with Crippen LogP contribution in [0.5, 0.6) is 5.75 Å². The number of carbonyl (C=O) groups excluding carboxylic acids is 1. The normalized spacial score (nSPS) is 10.8. The number of rotatable bonds is 4. The van der Waals surface area contributed by atoms with Gasteiger partial charge in [-0.3, -0.25) is 9.48 Å². The van der Waals surface area contributed by atoms with Gasteiger partial charge in [0.05, 0.1) is 17.3 Å². The van der Waals surface area contributed by atoms with E-state index in [2.05, 4.69) is 5.10 Å². The summed E-state index contributed by atoms with van der Waals surface area (Å²) in [6, 6.07) is 7.06. The molecule has 19 heavy (non-hydrogen) atoms. The minimum atomic E-state index is -0.167. The number of nitrogens with zero attached hydrogens (tertiary/aromatic N) is 2. The van der Waals surface area contributed by atoms with Gasteiger partial charge in [-0.25, -0.2) is 0 Å². The van der Waals surface area contributed by atoms with Gasteiger partial charge in [-0.15, -0.1) is 0 Å². The number of hydrogen-bond acceptors (Lipinski definition) is 3. The number of hydrogen-bond donors (Lipinski definition) is 0. The zero-order chi connectivity index (χ0) is 14.0. The van der Waals surface area contributed by atoms with Crippen molar-refractivity contribution in [1.29, 1.82) is 0 Å². The summed E-state index contributed by atoms with van der Waals surface area (Å²) in [5.74, 6) is 0.498. The quantitative estimate of drug-likeness (QED) is 0.807. The lowest BCUT2D eigenvalue weighted by molar-refractivity contribution is 0.102. The van der Waals surface area contributed by atoms with E-state index >= 15 is 0 Å². The Morgan fingerprint density at radius 2 is 2.16 bits per heavy atom. The van der Waals surface area contributed by atoms with Crippen molar-refractivity contribution in [3.8, 4) is 5.75 Å². The van der Waals surface area contributed by atoms with Crippen LogP contribution in [0, 0.1) is 0 Å². The van der Waals surface area contributed by atoms with Gasteiger partial charge in [-0.2, -0.15) is 5.10 Å². The van der Waals surface area contributed by atoms with Crippen LogP contribution in [-0.2, 0) is 7.05 Å². The first-order valence-electron chi connectivity index (χ1n) is 5.98. The summed E-state index contributed by atoms with van der Waals surface area (Å²) in [7, 11) is 1.69. The van der Waals surface area contributed by atoms with Crippen molar-refractivity contribution in [2.45, 2.75) is 20.0 Å². The SMILES string of the molecule is CC(C)Oc1cccc(C(=O)c2c(Cl)cnn2C)c1. The number of ketones is 1. The molecule has 4 nitrogen and oxygen atoms in total. The van der Waals surface area contributed by atoms with Gasteiger partial charge in [0.15, 0.2) is 0 Å². The molecular formula is C14H15ClN2O2. The van der Waals surface area contributed by atoms with Gasteiger partial charge in [0.2, 0.25) is 5.78 Å². The van der Waals surface area contributed by atoms with Crippen LogP contribution >= 0.6 is 11.6 Å². The average molecular weight is 279 g/mol. The Morgan fingerprint density at radius 3 is 2.74 bits per heavy atom. The van der Waals surface area contributed by atoms with E-state index < -0.39 is 0 Å². The molecule has 2 rings (SSSR count). The largest absolute Gasteiger partial charge is 0.491 e. The first-order valence-corrected chi connectivity index (χ1v) is 6.35. The van der Waals surface area contributed by atoms with Gasteiger partial charge in [0, 0.05) is 12.6 Å². The molecule has 0 unspecified atom stereocenters. The summed E-state index contributed by atoms with van der Waals surface area (Å²) >= 11 is 5.98. The van der Waals surface area contributed by atoms with Crippen LogP contribution in [0.25, 0.3) is 0 Å². The average Bonchev–Trinajstić information content (AvgIpc) is 2.68. The maximum absolute atomic E-state index is 12.4. The first-order chi connectivity index (χ1) is 8.99. The summed E-state index contributed by atoms with van der Waals surface area (Å²) in [5.41, 5.74) is 0.909. The molecule has 0 atom stereocenters. The monoisotopic (exact) mass is 278 g/mol. The molecule has 0 radical (unpaired) electrons. The molecule has 0 aliphatic carbocycles. The van der Waals surface area contributed by atoms with Crippen molar-refractivity contribution in [1.82, 2.24) is 9.78 Å². The van der Waals surface area contributed by atoms with Gasteiger partial charge >= 0.3 is 0 Å². The Morgan fingerprint density at radius 1 is 1.42 bits per heavy atom. The Bertz CT molecular complexity index is 586. The molecule has 0 fully saturated rings. The molecule has 1 aromatic heterocycles. The molecule has 5 heteroatoms. The van der Waals surface area contributed by atoms with Crippen LogP contribution < -0.4 is 4.74 Å². The Hall–Kier alpha value is -1.81. The molecule has 0 aliphatic rings. The fraction of sp³-hybridized carbons (Fsp3) is 0.286. The van der Waals surface area contributed by atoms with E-state index in [4.69, 9.17) is 16.3 Å². The lowest BCUT2D eigenvalue weighted by Crippen LogP contribution is -2.10. The molecule has 0 spiro atoms. The number of carbonyl (C=O) groups is 1. The molecule has 0 aliphatic heterocycles.